The van der Waals surface area contributed by atoms with Gasteiger partial charge in [0.05, 0.1) is 17.7 Å². The van der Waals surface area contributed by atoms with Gasteiger partial charge in [-0.3, -0.25) is 4.79 Å². The fourth-order valence-corrected chi connectivity index (χ4v) is 1.07. The Kier molecular flexibility index (Phi) is 2.95. The molecule has 2 N–H and O–H groups in total. The summed E-state index contributed by atoms with van der Waals surface area (Å²) >= 11 is 0. The van der Waals surface area contributed by atoms with Gasteiger partial charge in [0.1, 0.15) is 5.82 Å². The Morgan fingerprint density at radius 1 is 1.64 bits per heavy atom. The fraction of sp³-hybridized carbons (Fsp3) is 0.200. The highest BCUT2D eigenvalue weighted by Crippen LogP contribution is 2.16. The summed E-state index contributed by atoms with van der Waals surface area (Å²) in [5, 5.41) is 8.49. The van der Waals surface area contributed by atoms with Crippen LogP contribution in [0.4, 0.5) is 4.39 Å². The number of benzene rings is 1. The van der Waals surface area contributed by atoms with Crippen LogP contribution in [-0.2, 0) is 4.79 Å². The summed E-state index contributed by atoms with van der Waals surface area (Å²) in [5.41, 5.74) is 5.79. The van der Waals surface area contributed by atoms with Crippen molar-refractivity contribution in [2.75, 3.05) is 0 Å². The van der Waals surface area contributed by atoms with Gasteiger partial charge in [-0.05, 0) is 19.1 Å². The maximum Gasteiger partial charge on any atom is 0.151 e. The van der Waals surface area contributed by atoms with Crippen LogP contribution in [0.1, 0.15) is 24.1 Å². The number of nitrogens with zero attached hydrogens (tertiary/aromatic N) is 1. The number of halogens is 1. The number of nitriles is 1. The predicted octanol–water partition coefficient (Wildman–Crippen LogP) is 1.29. The van der Waals surface area contributed by atoms with Crippen molar-refractivity contribution >= 4 is 5.78 Å². The number of nitrogens with two attached hydrogens (primary N) is 1. The van der Waals surface area contributed by atoms with Crippen molar-refractivity contribution in [3.63, 3.8) is 0 Å². The minimum absolute atomic E-state index is 0.122. The molecule has 1 atom stereocenters. The van der Waals surface area contributed by atoms with E-state index in [9.17, 15) is 9.18 Å². The van der Waals surface area contributed by atoms with Gasteiger partial charge < -0.3 is 5.73 Å². The summed E-state index contributed by atoms with van der Waals surface area (Å²) in [4.78, 5) is 10.9. The first-order chi connectivity index (χ1) is 6.56. The Hall–Kier alpha value is -1.73. The van der Waals surface area contributed by atoms with Gasteiger partial charge in [0.15, 0.2) is 5.78 Å². The normalized spacial score (nSPS) is 11.9. The van der Waals surface area contributed by atoms with Crippen LogP contribution in [0.5, 0.6) is 0 Å². The van der Waals surface area contributed by atoms with E-state index in [1.54, 1.807) is 6.07 Å². The molecule has 0 aliphatic heterocycles. The van der Waals surface area contributed by atoms with Gasteiger partial charge in [-0.2, -0.15) is 5.26 Å². The molecule has 72 valence electrons. The van der Waals surface area contributed by atoms with Gasteiger partial charge in [-0.1, -0.05) is 6.07 Å². The van der Waals surface area contributed by atoms with E-state index in [1.165, 1.54) is 19.1 Å². The van der Waals surface area contributed by atoms with Crippen LogP contribution in [0.15, 0.2) is 18.2 Å². The van der Waals surface area contributed by atoms with Crippen molar-refractivity contribution in [3.05, 3.63) is 35.1 Å². The number of hydrogen-bond acceptors (Lipinski definition) is 3. The molecule has 0 heterocycles. The number of ketones is 1. The summed E-state index contributed by atoms with van der Waals surface area (Å²) in [6.45, 7) is 1.29. The molecule has 0 aromatic heterocycles. The molecule has 0 radical (unpaired) electrons. The molecule has 0 saturated carbocycles. The standard InChI is InChI=1S/C10H9FN2O/c1-6(14)10(13)8-3-2-7(5-12)4-9(8)11/h2-4,10H,13H2,1H3. The largest absolute Gasteiger partial charge is 0.318 e. The van der Waals surface area contributed by atoms with E-state index >= 15 is 0 Å². The van der Waals surface area contributed by atoms with Crippen molar-refractivity contribution in [1.29, 1.82) is 5.26 Å². The first-order valence-electron chi connectivity index (χ1n) is 4.02. The van der Waals surface area contributed by atoms with Crippen molar-refractivity contribution in [2.24, 2.45) is 5.73 Å². The predicted molar refractivity (Wildman–Crippen MR) is 48.7 cm³/mol. The Morgan fingerprint density at radius 3 is 2.71 bits per heavy atom. The summed E-state index contributed by atoms with van der Waals surface area (Å²) in [7, 11) is 0. The lowest BCUT2D eigenvalue weighted by Crippen LogP contribution is -2.19. The topological polar surface area (TPSA) is 66.9 Å². The molecule has 0 amide bonds. The zero-order valence-electron chi connectivity index (χ0n) is 7.62. The summed E-state index contributed by atoms with van der Waals surface area (Å²) < 4.78 is 13.3. The average Bonchev–Trinajstić information content (AvgIpc) is 2.16. The van der Waals surface area contributed by atoms with E-state index in [0.717, 1.165) is 6.07 Å². The number of carbonyl (C=O) groups excluding carboxylic acids is 1. The highest BCUT2D eigenvalue weighted by molar-refractivity contribution is 5.82. The molecule has 1 aromatic rings. The molecule has 1 unspecified atom stereocenters. The Balaban J connectivity index is 3.13. The van der Waals surface area contributed by atoms with Crippen LogP contribution in [-0.4, -0.2) is 5.78 Å². The minimum atomic E-state index is -0.956. The molecule has 3 nitrogen and oxygen atoms in total. The first-order valence-corrected chi connectivity index (χ1v) is 4.02. The highest BCUT2D eigenvalue weighted by atomic mass is 19.1. The Bertz CT molecular complexity index is 409. The number of rotatable bonds is 2. The second-order valence-electron chi connectivity index (χ2n) is 2.94. The van der Waals surface area contributed by atoms with Crippen LogP contribution in [0.3, 0.4) is 0 Å². The SMILES string of the molecule is CC(=O)C(N)c1ccc(C#N)cc1F. The van der Waals surface area contributed by atoms with Crippen LogP contribution >= 0.6 is 0 Å². The smallest absolute Gasteiger partial charge is 0.151 e. The monoisotopic (exact) mass is 192 g/mol. The number of hydrogen-bond donors (Lipinski definition) is 1. The molecule has 0 aliphatic carbocycles. The molecule has 1 aromatic carbocycles. The Labute approximate surface area is 81.0 Å². The zero-order chi connectivity index (χ0) is 10.7. The van der Waals surface area contributed by atoms with Gasteiger partial charge >= 0.3 is 0 Å². The van der Waals surface area contributed by atoms with E-state index in [-0.39, 0.29) is 16.9 Å². The lowest BCUT2D eigenvalue weighted by atomic mass is 10.0. The van der Waals surface area contributed by atoms with Crippen molar-refractivity contribution in [3.8, 4) is 6.07 Å². The van der Waals surface area contributed by atoms with Crippen molar-refractivity contribution in [2.45, 2.75) is 13.0 Å². The summed E-state index contributed by atoms with van der Waals surface area (Å²) in [6, 6.07) is 4.70. The van der Waals surface area contributed by atoms with E-state index in [4.69, 9.17) is 11.0 Å². The fourth-order valence-electron chi connectivity index (χ4n) is 1.07. The zero-order valence-corrected chi connectivity index (χ0v) is 7.62. The second-order valence-corrected chi connectivity index (χ2v) is 2.94. The maximum absolute atomic E-state index is 13.3. The lowest BCUT2D eigenvalue weighted by molar-refractivity contribution is -0.118. The highest BCUT2D eigenvalue weighted by Gasteiger charge is 2.15. The number of Topliss-reactive ketones (excluding diaryl/α,β-unsaturated/α-hetero) is 1. The summed E-state index contributed by atoms with van der Waals surface area (Å²) in [6.07, 6.45) is 0. The van der Waals surface area contributed by atoms with Crippen LogP contribution in [0.2, 0.25) is 0 Å². The van der Waals surface area contributed by atoms with E-state index in [1.807, 2.05) is 0 Å². The third-order valence-electron chi connectivity index (χ3n) is 1.90. The molecule has 4 heteroatoms. The van der Waals surface area contributed by atoms with Gasteiger partial charge in [-0.15, -0.1) is 0 Å². The van der Waals surface area contributed by atoms with E-state index in [2.05, 4.69) is 0 Å². The molecule has 0 fully saturated rings. The summed E-state index contributed by atoms with van der Waals surface area (Å²) in [5.74, 6) is -0.930. The minimum Gasteiger partial charge on any atom is -0.318 e. The quantitative estimate of drug-likeness (QED) is 0.767. The van der Waals surface area contributed by atoms with E-state index in [0.29, 0.717) is 0 Å². The maximum atomic E-state index is 13.3. The van der Waals surface area contributed by atoms with Crippen LogP contribution < -0.4 is 5.73 Å². The third-order valence-corrected chi connectivity index (χ3v) is 1.90. The van der Waals surface area contributed by atoms with Gasteiger partial charge in [0.2, 0.25) is 0 Å². The van der Waals surface area contributed by atoms with Crippen molar-refractivity contribution < 1.29 is 9.18 Å². The Morgan fingerprint density at radius 2 is 2.29 bits per heavy atom. The van der Waals surface area contributed by atoms with Gasteiger partial charge in [-0.25, -0.2) is 4.39 Å². The third kappa shape index (κ3) is 1.95. The van der Waals surface area contributed by atoms with E-state index < -0.39 is 11.9 Å². The molecule has 0 bridgehead atoms. The van der Waals surface area contributed by atoms with Gasteiger partial charge in [0.25, 0.3) is 0 Å². The van der Waals surface area contributed by atoms with Crippen molar-refractivity contribution in [1.82, 2.24) is 0 Å². The molecule has 0 spiro atoms. The lowest BCUT2D eigenvalue weighted by Gasteiger charge is -2.08. The first kappa shape index (κ1) is 10.4. The number of carbonyl (C=O) groups is 1. The molecule has 0 aliphatic rings. The van der Waals surface area contributed by atoms with Crippen LogP contribution in [0, 0.1) is 17.1 Å². The average molecular weight is 192 g/mol. The molecular formula is C10H9FN2O. The molecule has 0 saturated heterocycles. The second kappa shape index (κ2) is 3.99. The van der Waals surface area contributed by atoms with Gasteiger partial charge in [0, 0.05) is 5.56 Å². The molecular weight excluding hydrogens is 183 g/mol. The molecule has 14 heavy (non-hydrogen) atoms. The van der Waals surface area contributed by atoms with Crippen LogP contribution in [0.25, 0.3) is 0 Å². The molecule has 1 rings (SSSR count).